The summed E-state index contributed by atoms with van der Waals surface area (Å²) in [6.07, 6.45) is 1.58. The Kier molecular flexibility index (Phi) is 3.80. The summed E-state index contributed by atoms with van der Waals surface area (Å²) in [5.74, 6) is -0.421. The normalized spacial score (nSPS) is 18.1. The second-order valence-electron chi connectivity index (χ2n) is 4.91. The number of nitrogens with one attached hydrogen (secondary N) is 1. The molecule has 0 saturated carbocycles. The highest BCUT2D eigenvalue weighted by Gasteiger charge is 2.26. The van der Waals surface area contributed by atoms with Gasteiger partial charge < -0.3 is 9.73 Å². The van der Waals surface area contributed by atoms with Crippen molar-refractivity contribution >= 4 is 0 Å². The number of nitrogens with zero attached hydrogens (tertiary/aromatic N) is 1. The van der Waals surface area contributed by atoms with Gasteiger partial charge in [0, 0.05) is 32.2 Å². The van der Waals surface area contributed by atoms with Gasteiger partial charge in [0.15, 0.2) is 0 Å². The number of halogens is 2. The molecule has 3 rings (SSSR count). The number of hydrogen-bond acceptors (Lipinski definition) is 3. The third-order valence-corrected chi connectivity index (χ3v) is 3.53. The van der Waals surface area contributed by atoms with Crippen LogP contribution in [0.5, 0.6) is 0 Å². The Bertz CT molecular complexity index is 545. The van der Waals surface area contributed by atoms with E-state index in [9.17, 15) is 8.78 Å². The number of benzene rings is 1. The molecule has 0 unspecified atom stereocenters. The summed E-state index contributed by atoms with van der Waals surface area (Å²) in [4.78, 5) is 2.17. The molecule has 1 aromatic heterocycles. The minimum Gasteiger partial charge on any atom is -0.467 e. The van der Waals surface area contributed by atoms with Crippen LogP contribution < -0.4 is 5.32 Å². The van der Waals surface area contributed by atoms with Gasteiger partial charge in [0.05, 0.1) is 12.3 Å². The van der Waals surface area contributed by atoms with Crippen molar-refractivity contribution < 1.29 is 13.2 Å². The first kappa shape index (κ1) is 13.3. The smallest absolute Gasteiger partial charge is 0.126 e. The van der Waals surface area contributed by atoms with E-state index in [0.29, 0.717) is 11.3 Å². The van der Waals surface area contributed by atoms with Crippen molar-refractivity contribution in [2.24, 2.45) is 0 Å². The largest absolute Gasteiger partial charge is 0.467 e. The zero-order chi connectivity index (χ0) is 13.9. The summed E-state index contributed by atoms with van der Waals surface area (Å²) in [7, 11) is 0. The quantitative estimate of drug-likeness (QED) is 0.935. The van der Waals surface area contributed by atoms with Gasteiger partial charge in [-0.1, -0.05) is 0 Å². The van der Waals surface area contributed by atoms with E-state index in [1.807, 2.05) is 6.07 Å². The maximum Gasteiger partial charge on any atom is 0.126 e. The molecule has 1 N–H and O–H groups in total. The Balaban J connectivity index is 2.00. The zero-order valence-corrected chi connectivity index (χ0v) is 11.0. The fourth-order valence-corrected chi connectivity index (χ4v) is 2.68. The summed E-state index contributed by atoms with van der Waals surface area (Å²) < 4.78 is 32.5. The zero-order valence-electron chi connectivity index (χ0n) is 11.0. The minimum absolute atomic E-state index is 0.253. The van der Waals surface area contributed by atoms with Gasteiger partial charge in [-0.25, -0.2) is 8.78 Å². The molecule has 3 nitrogen and oxygen atoms in total. The summed E-state index contributed by atoms with van der Waals surface area (Å²) in [6.45, 7) is 3.33. The average Bonchev–Trinajstić information content (AvgIpc) is 2.93. The summed E-state index contributed by atoms with van der Waals surface area (Å²) >= 11 is 0. The standard InChI is InChI=1S/C15H16F2N2O/c16-12-8-11(9-13(17)10-12)15(14-2-1-7-20-14)19-5-3-18-4-6-19/h1-2,7-10,15,18H,3-6H2/t15-/m0/s1. The molecular formula is C15H16F2N2O. The predicted molar refractivity (Wildman–Crippen MR) is 71.4 cm³/mol. The van der Waals surface area contributed by atoms with Crippen molar-refractivity contribution in [3.8, 4) is 0 Å². The highest BCUT2D eigenvalue weighted by atomic mass is 19.1. The molecule has 106 valence electrons. The molecule has 1 fully saturated rings. The Hall–Kier alpha value is -1.72. The first-order valence-electron chi connectivity index (χ1n) is 6.68. The van der Waals surface area contributed by atoms with Crippen LogP contribution in [0.15, 0.2) is 41.0 Å². The molecule has 1 aromatic carbocycles. The van der Waals surface area contributed by atoms with E-state index >= 15 is 0 Å². The van der Waals surface area contributed by atoms with E-state index in [2.05, 4.69) is 10.2 Å². The van der Waals surface area contributed by atoms with Crippen LogP contribution in [0.1, 0.15) is 17.4 Å². The minimum atomic E-state index is -0.563. The lowest BCUT2D eigenvalue weighted by Gasteiger charge is -2.34. The first-order chi connectivity index (χ1) is 9.74. The Morgan fingerprint density at radius 3 is 2.40 bits per heavy atom. The fraction of sp³-hybridized carbons (Fsp3) is 0.333. The van der Waals surface area contributed by atoms with Crippen LogP contribution in [-0.2, 0) is 0 Å². The molecule has 0 radical (unpaired) electrons. The molecule has 1 atom stereocenters. The number of piperazine rings is 1. The van der Waals surface area contributed by atoms with Crippen LogP contribution in [0, 0.1) is 11.6 Å². The highest BCUT2D eigenvalue weighted by molar-refractivity contribution is 5.28. The van der Waals surface area contributed by atoms with E-state index < -0.39 is 11.6 Å². The van der Waals surface area contributed by atoms with E-state index in [1.165, 1.54) is 12.1 Å². The van der Waals surface area contributed by atoms with Gasteiger partial charge in [-0.2, -0.15) is 0 Å². The second kappa shape index (κ2) is 5.73. The van der Waals surface area contributed by atoms with Gasteiger partial charge in [-0.3, -0.25) is 4.90 Å². The second-order valence-corrected chi connectivity index (χ2v) is 4.91. The molecule has 1 saturated heterocycles. The Morgan fingerprint density at radius 1 is 1.10 bits per heavy atom. The van der Waals surface area contributed by atoms with Crippen molar-refractivity contribution in [1.29, 1.82) is 0 Å². The van der Waals surface area contributed by atoms with E-state index in [1.54, 1.807) is 12.3 Å². The molecule has 0 aliphatic carbocycles. The van der Waals surface area contributed by atoms with Gasteiger partial charge in [-0.15, -0.1) is 0 Å². The molecule has 20 heavy (non-hydrogen) atoms. The van der Waals surface area contributed by atoms with E-state index in [0.717, 1.165) is 32.2 Å². The molecule has 0 bridgehead atoms. The van der Waals surface area contributed by atoms with Gasteiger partial charge in [0.1, 0.15) is 17.4 Å². The Morgan fingerprint density at radius 2 is 1.80 bits per heavy atom. The van der Waals surface area contributed by atoms with Crippen LogP contribution in [-0.4, -0.2) is 31.1 Å². The lowest BCUT2D eigenvalue weighted by Crippen LogP contribution is -2.45. The molecule has 5 heteroatoms. The molecule has 2 aromatic rings. The molecule has 0 spiro atoms. The maximum absolute atomic E-state index is 13.5. The predicted octanol–water partition coefficient (Wildman–Crippen LogP) is 2.55. The number of furan rings is 1. The molecule has 2 heterocycles. The molecule has 1 aliphatic heterocycles. The van der Waals surface area contributed by atoms with Crippen LogP contribution in [0.3, 0.4) is 0 Å². The topological polar surface area (TPSA) is 28.4 Å². The highest BCUT2D eigenvalue weighted by Crippen LogP contribution is 2.30. The number of rotatable bonds is 3. The summed E-state index contributed by atoms with van der Waals surface area (Å²) in [6, 6.07) is 7.02. The average molecular weight is 278 g/mol. The summed E-state index contributed by atoms with van der Waals surface area (Å²) in [5.41, 5.74) is 0.583. The van der Waals surface area contributed by atoms with Crippen LogP contribution in [0.4, 0.5) is 8.78 Å². The number of hydrogen-bond donors (Lipinski definition) is 1. The SMILES string of the molecule is Fc1cc(F)cc([C@@H](c2ccco2)N2CCNCC2)c1. The van der Waals surface area contributed by atoms with Crippen molar-refractivity contribution in [3.05, 3.63) is 59.6 Å². The molecule has 0 amide bonds. The fourth-order valence-electron chi connectivity index (χ4n) is 2.68. The van der Waals surface area contributed by atoms with Crippen LogP contribution >= 0.6 is 0 Å². The first-order valence-corrected chi connectivity index (χ1v) is 6.68. The van der Waals surface area contributed by atoms with Crippen molar-refractivity contribution in [3.63, 3.8) is 0 Å². The van der Waals surface area contributed by atoms with Crippen LogP contribution in [0.25, 0.3) is 0 Å². The lowest BCUT2D eigenvalue weighted by molar-refractivity contribution is 0.179. The van der Waals surface area contributed by atoms with E-state index in [-0.39, 0.29) is 6.04 Å². The molecule has 1 aliphatic rings. The maximum atomic E-state index is 13.5. The van der Waals surface area contributed by atoms with Crippen molar-refractivity contribution in [2.75, 3.05) is 26.2 Å². The van der Waals surface area contributed by atoms with Gasteiger partial charge in [-0.05, 0) is 29.8 Å². The monoisotopic (exact) mass is 278 g/mol. The lowest BCUT2D eigenvalue weighted by atomic mass is 10.0. The third kappa shape index (κ3) is 2.73. The van der Waals surface area contributed by atoms with Crippen molar-refractivity contribution in [2.45, 2.75) is 6.04 Å². The van der Waals surface area contributed by atoms with Gasteiger partial charge >= 0.3 is 0 Å². The van der Waals surface area contributed by atoms with Crippen LogP contribution in [0.2, 0.25) is 0 Å². The summed E-state index contributed by atoms with van der Waals surface area (Å²) in [5, 5.41) is 3.27. The van der Waals surface area contributed by atoms with Gasteiger partial charge in [0.2, 0.25) is 0 Å². The third-order valence-electron chi connectivity index (χ3n) is 3.53. The Labute approximate surface area is 116 Å². The van der Waals surface area contributed by atoms with Gasteiger partial charge in [0.25, 0.3) is 0 Å². The molecular weight excluding hydrogens is 262 g/mol. The van der Waals surface area contributed by atoms with E-state index in [4.69, 9.17) is 4.42 Å². The van der Waals surface area contributed by atoms with Crippen molar-refractivity contribution in [1.82, 2.24) is 10.2 Å².